The third-order valence-electron chi connectivity index (χ3n) is 2.30. The Morgan fingerprint density at radius 1 is 1.00 bits per heavy atom. The second kappa shape index (κ2) is 6.25. The van der Waals surface area contributed by atoms with Crippen LogP contribution in [0.5, 0.6) is 0 Å². The van der Waals surface area contributed by atoms with Crippen molar-refractivity contribution in [1.82, 2.24) is 15.3 Å². The Hall–Kier alpha value is -2.76. The number of carbonyl (C=O) groups excluding carboxylic acids is 2. The van der Waals surface area contributed by atoms with E-state index < -0.39 is 11.8 Å². The fourth-order valence-electron chi connectivity index (χ4n) is 1.38. The highest BCUT2D eigenvalue weighted by Crippen LogP contribution is 2.02. The van der Waals surface area contributed by atoms with Gasteiger partial charge in [-0.3, -0.25) is 19.6 Å². The number of nitrogens with one attached hydrogen (secondary N) is 2. The summed E-state index contributed by atoms with van der Waals surface area (Å²) in [4.78, 5) is 31.0. The highest BCUT2D eigenvalue weighted by atomic mass is 16.2. The van der Waals surface area contributed by atoms with Crippen LogP contribution >= 0.6 is 0 Å². The Balaban J connectivity index is 1.85. The molecule has 0 aromatic carbocycles. The van der Waals surface area contributed by atoms with Gasteiger partial charge in [0.25, 0.3) is 0 Å². The summed E-state index contributed by atoms with van der Waals surface area (Å²) < 4.78 is 0. The number of aromatic nitrogens is 2. The van der Waals surface area contributed by atoms with Crippen LogP contribution in [0.4, 0.5) is 5.69 Å². The van der Waals surface area contributed by atoms with Crippen molar-refractivity contribution in [2.45, 2.75) is 6.54 Å². The molecule has 2 rings (SSSR count). The van der Waals surface area contributed by atoms with E-state index in [0.29, 0.717) is 11.4 Å². The molecule has 0 saturated heterocycles. The Labute approximate surface area is 109 Å². The van der Waals surface area contributed by atoms with Gasteiger partial charge in [-0.15, -0.1) is 0 Å². The molecule has 6 nitrogen and oxygen atoms in total. The molecule has 0 spiro atoms. The van der Waals surface area contributed by atoms with E-state index in [4.69, 9.17) is 0 Å². The summed E-state index contributed by atoms with van der Waals surface area (Å²) in [5.41, 5.74) is 1.21. The van der Waals surface area contributed by atoms with E-state index in [1.54, 1.807) is 30.5 Å². The van der Waals surface area contributed by atoms with Gasteiger partial charge in [0.05, 0.1) is 12.2 Å². The zero-order valence-electron chi connectivity index (χ0n) is 10.0. The number of amides is 2. The van der Waals surface area contributed by atoms with Crippen molar-refractivity contribution >= 4 is 17.5 Å². The van der Waals surface area contributed by atoms with Gasteiger partial charge in [-0.25, -0.2) is 0 Å². The first-order chi connectivity index (χ1) is 9.25. The predicted octanol–water partition coefficient (Wildman–Crippen LogP) is 0.731. The fourth-order valence-corrected chi connectivity index (χ4v) is 1.38. The van der Waals surface area contributed by atoms with Crippen LogP contribution in [0.2, 0.25) is 0 Å². The summed E-state index contributed by atoms with van der Waals surface area (Å²) in [6.45, 7) is 0.212. The Morgan fingerprint density at radius 3 is 2.47 bits per heavy atom. The van der Waals surface area contributed by atoms with Crippen molar-refractivity contribution in [3.05, 3.63) is 54.6 Å². The first-order valence-electron chi connectivity index (χ1n) is 5.65. The van der Waals surface area contributed by atoms with Crippen LogP contribution in [0.25, 0.3) is 0 Å². The van der Waals surface area contributed by atoms with Crippen LogP contribution < -0.4 is 10.6 Å². The van der Waals surface area contributed by atoms with Gasteiger partial charge < -0.3 is 10.6 Å². The van der Waals surface area contributed by atoms with Crippen molar-refractivity contribution in [3.8, 4) is 0 Å². The summed E-state index contributed by atoms with van der Waals surface area (Å²) in [7, 11) is 0. The van der Waals surface area contributed by atoms with E-state index in [0.717, 1.165) is 0 Å². The molecule has 2 amide bonds. The lowest BCUT2D eigenvalue weighted by Crippen LogP contribution is -2.35. The maximum atomic E-state index is 11.6. The minimum atomic E-state index is -0.720. The number of rotatable bonds is 3. The molecule has 0 unspecified atom stereocenters. The molecular formula is C13H12N4O2. The van der Waals surface area contributed by atoms with Crippen LogP contribution in [0.3, 0.4) is 0 Å². The molecular weight excluding hydrogens is 244 g/mol. The molecule has 2 aromatic rings. The zero-order chi connectivity index (χ0) is 13.5. The first-order valence-corrected chi connectivity index (χ1v) is 5.65. The lowest BCUT2D eigenvalue weighted by molar-refractivity contribution is -0.136. The molecule has 2 heterocycles. The molecule has 0 saturated carbocycles. The topological polar surface area (TPSA) is 84.0 Å². The SMILES string of the molecule is O=C(NCc1ccccn1)C(=O)Nc1ccncc1. The lowest BCUT2D eigenvalue weighted by Gasteiger charge is -2.05. The average molecular weight is 256 g/mol. The Kier molecular flexibility index (Phi) is 4.17. The third kappa shape index (κ3) is 3.88. The van der Waals surface area contributed by atoms with Gasteiger partial charge in [-0.2, -0.15) is 0 Å². The molecule has 0 aliphatic rings. The van der Waals surface area contributed by atoms with Gasteiger partial charge in [0.15, 0.2) is 0 Å². The van der Waals surface area contributed by atoms with Crippen molar-refractivity contribution in [3.63, 3.8) is 0 Å². The highest BCUT2D eigenvalue weighted by Gasteiger charge is 2.13. The minimum Gasteiger partial charge on any atom is -0.342 e. The summed E-state index contributed by atoms with van der Waals surface area (Å²) in [6.07, 6.45) is 4.68. The van der Waals surface area contributed by atoms with Crippen LogP contribution in [-0.2, 0) is 16.1 Å². The standard InChI is InChI=1S/C13H12N4O2/c18-12(16-9-11-3-1-2-6-15-11)13(19)17-10-4-7-14-8-5-10/h1-8H,9H2,(H,16,18)(H,14,17,19). The van der Waals surface area contributed by atoms with Gasteiger partial charge >= 0.3 is 11.8 Å². The van der Waals surface area contributed by atoms with Crippen LogP contribution in [0.1, 0.15) is 5.69 Å². The van der Waals surface area contributed by atoms with Gasteiger partial charge in [-0.1, -0.05) is 6.07 Å². The number of hydrogen-bond donors (Lipinski definition) is 2. The molecule has 0 radical (unpaired) electrons. The predicted molar refractivity (Wildman–Crippen MR) is 69.0 cm³/mol. The third-order valence-corrected chi connectivity index (χ3v) is 2.30. The Bertz CT molecular complexity index is 557. The molecule has 6 heteroatoms. The quantitative estimate of drug-likeness (QED) is 0.793. The lowest BCUT2D eigenvalue weighted by atomic mass is 10.3. The number of anilines is 1. The zero-order valence-corrected chi connectivity index (χ0v) is 10.0. The number of hydrogen-bond acceptors (Lipinski definition) is 4. The second-order valence-electron chi connectivity index (χ2n) is 3.69. The summed E-state index contributed by atoms with van der Waals surface area (Å²) in [5, 5.41) is 4.96. The Morgan fingerprint density at radius 2 is 1.79 bits per heavy atom. The molecule has 19 heavy (non-hydrogen) atoms. The van der Waals surface area contributed by atoms with E-state index in [9.17, 15) is 9.59 Å². The smallest absolute Gasteiger partial charge is 0.313 e. The van der Waals surface area contributed by atoms with Crippen molar-refractivity contribution in [2.24, 2.45) is 0 Å². The first kappa shape index (κ1) is 12.7. The molecule has 0 aliphatic carbocycles. The van der Waals surface area contributed by atoms with Crippen LogP contribution in [0.15, 0.2) is 48.9 Å². The van der Waals surface area contributed by atoms with E-state index in [1.807, 2.05) is 6.07 Å². The van der Waals surface area contributed by atoms with Gasteiger partial charge in [-0.05, 0) is 24.3 Å². The van der Waals surface area contributed by atoms with E-state index >= 15 is 0 Å². The van der Waals surface area contributed by atoms with Crippen molar-refractivity contribution < 1.29 is 9.59 Å². The molecule has 0 aliphatic heterocycles. The number of pyridine rings is 2. The van der Waals surface area contributed by atoms with Gasteiger partial charge in [0.2, 0.25) is 0 Å². The summed E-state index contributed by atoms with van der Waals surface area (Å²) >= 11 is 0. The second-order valence-corrected chi connectivity index (χ2v) is 3.69. The van der Waals surface area contributed by atoms with E-state index in [-0.39, 0.29) is 6.54 Å². The number of carbonyl (C=O) groups is 2. The largest absolute Gasteiger partial charge is 0.342 e. The van der Waals surface area contributed by atoms with Crippen LogP contribution in [-0.4, -0.2) is 21.8 Å². The highest BCUT2D eigenvalue weighted by molar-refractivity contribution is 6.39. The van der Waals surface area contributed by atoms with Crippen molar-refractivity contribution in [1.29, 1.82) is 0 Å². The van der Waals surface area contributed by atoms with E-state index in [1.165, 1.54) is 12.4 Å². The van der Waals surface area contributed by atoms with Gasteiger partial charge in [0.1, 0.15) is 0 Å². The molecule has 2 aromatic heterocycles. The average Bonchev–Trinajstić information content (AvgIpc) is 2.47. The van der Waals surface area contributed by atoms with Crippen LogP contribution in [0, 0.1) is 0 Å². The molecule has 96 valence electrons. The van der Waals surface area contributed by atoms with Crippen molar-refractivity contribution in [2.75, 3.05) is 5.32 Å². The summed E-state index contributed by atoms with van der Waals surface area (Å²) in [6, 6.07) is 8.56. The van der Waals surface area contributed by atoms with Gasteiger partial charge in [0, 0.05) is 24.3 Å². The maximum absolute atomic E-state index is 11.6. The fraction of sp³-hybridized carbons (Fsp3) is 0.0769. The number of nitrogens with zero attached hydrogens (tertiary/aromatic N) is 2. The molecule has 0 fully saturated rings. The minimum absolute atomic E-state index is 0.212. The molecule has 0 bridgehead atoms. The monoisotopic (exact) mass is 256 g/mol. The van der Waals surface area contributed by atoms with E-state index in [2.05, 4.69) is 20.6 Å². The molecule has 2 N–H and O–H groups in total. The summed E-state index contributed by atoms with van der Waals surface area (Å²) in [5.74, 6) is -1.43. The normalized spacial score (nSPS) is 9.68. The maximum Gasteiger partial charge on any atom is 0.313 e. The molecule has 0 atom stereocenters.